The van der Waals surface area contributed by atoms with Crippen LogP contribution in [0.3, 0.4) is 0 Å². The second-order valence-corrected chi connectivity index (χ2v) is 4.46. The first-order valence-electron chi connectivity index (χ1n) is 5.68. The van der Waals surface area contributed by atoms with E-state index in [1.54, 1.807) is 12.1 Å². The molecule has 0 saturated heterocycles. The monoisotopic (exact) mass is 224 g/mol. The van der Waals surface area contributed by atoms with Crippen LogP contribution >= 0.6 is 0 Å². The molecule has 2 unspecified atom stereocenters. The maximum Gasteiger partial charge on any atom is 0.165 e. The Bertz CT molecular complexity index is 392. The number of hydrogen-bond acceptors (Lipinski definition) is 2. The summed E-state index contributed by atoms with van der Waals surface area (Å²) in [5, 5.41) is 10.3. The fourth-order valence-corrected chi connectivity index (χ4v) is 2.30. The summed E-state index contributed by atoms with van der Waals surface area (Å²) in [7, 11) is 1.43. The number of hydrogen-bond donors (Lipinski definition) is 1. The Hall–Kier alpha value is -1.09. The van der Waals surface area contributed by atoms with E-state index in [0.717, 1.165) is 19.3 Å². The SMILES string of the molecule is CCCC1CC1(O)c1ccc(OC)c(F)c1. The van der Waals surface area contributed by atoms with Crippen molar-refractivity contribution in [2.45, 2.75) is 31.8 Å². The zero-order valence-electron chi connectivity index (χ0n) is 9.66. The summed E-state index contributed by atoms with van der Waals surface area (Å²) < 4.78 is 18.3. The molecule has 2 atom stereocenters. The Morgan fingerprint density at radius 1 is 1.56 bits per heavy atom. The van der Waals surface area contributed by atoms with Gasteiger partial charge in [-0.15, -0.1) is 0 Å². The number of ether oxygens (including phenoxy) is 1. The fraction of sp³-hybridized carbons (Fsp3) is 0.538. The molecule has 1 saturated carbocycles. The highest BCUT2D eigenvalue weighted by Gasteiger charge is 2.53. The Kier molecular flexibility index (Phi) is 2.89. The number of halogens is 1. The van der Waals surface area contributed by atoms with Crippen LogP contribution in [0.2, 0.25) is 0 Å². The minimum absolute atomic E-state index is 0.222. The van der Waals surface area contributed by atoms with E-state index < -0.39 is 11.4 Å². The minimum atomic E-state index is -0.802. The van der Waals surface area contributed by atoms with Crippen molar-refractivity contribution in [1.29, 1.82) is 0 Å². The summed E-state index contributed by atoms with van der Waals surface area (Å²) in [6.45, 7) is 2.09. The number of benzene rings is 1. The zero-order chi connectivity index (χ0) is 11.8. The van der Waals surface area contributed by atoms with Gasteiger partial charge in [0.25, 0.3) is 0 Å². The van der Waals surface area contributed by atoms with Gasteiger partial charge >= 0.3 is 0 Å². The van der Waals surface area contributed by atoms with Crippen molar-refractivity contribution < 1.29 is 14.2 Å². The van der Waals surface area contributed by atoms with Crippen molar-refractivity contribution in [1.82, 2.24) is 0 Å². The van der Waals surface area contributed by atoms with Crippen LogP contribution in [-0.4, -0.2) is 12.2 Å². The fourth-order valence-electron chi connectivity index (χ4n) is 2.30. The van der Waals surface area contributed by atoms with E-state index in [1.807, 2.05) is 0 Å². The molecule has 0 bridgehead atoms. The number of methoxy groups -OCH3 is 1. The van der Waals surface area contributed by atoms with Crippen LogP contribution in [0, 0.1) is 11.7 Å². The van der Waals surface area contributed by atoms with Gasteiger partial charge in [-0.1, -0.05) is 19.4 Å². The molecule has 16 heavy (non-hydrogen) atoms. The molecule has 0 aromatic heterocycles. The van der Waals surface area contributed by atoms with E-state index in [4.69, 9.17) is 4.74 Å². The van der Waals surface area contributed by atoms with Crippen molar-refractivity contribution >= 4 is 0 Å². The molecule has 0 spiro atoms. The molecule has 88 valence electrons. The molecular weight excluding hydrogens is 207 g/mol. The van der Waals surface area contributed by atoms with Crippen molar-refractivity contribution in [2.24, 2.45) is 5.92 Å². The van der Waals surface area contributed by atoms with Crippen LogP contribution in [0.5, 0.6) is 5.75 Å². The third kappa shape index (κ3) is 1.80. The Morgan fingerprint density at radius 2 is 2.31 bits per heavy atom. The van der Waals surface area contributed by atoms with Gasteiger partial charge in [-0.05, 0) is 36.5 Å². The van der Waals surface area contributed by atoms with Crippen LogP contribution in [-0.2, 0) is 5.60 Å². The quantitative estimate of drug-likeness (QED) is 0.852. The lowest BCUT2D eigenvalue weighted by atomic mass is 10.0. The van der Waals surface area contributed by atoms with Crippen molar-refractivity contribution in [2.75, 3.05) is 7.11 Å². The van der Waals surface area contributed by atoms with E-state index in [-0.39, 0.29) is 11.7 Å². The highest BCUT2D eigenvalue weighted by atomic mass is 19.1. The lowest BCUT2D eigenvalue weighted by Gasteiger charge is -2.12. The zero-order valence-corrected chi connectivity index (χ0v) is 9.66. The molecule has 2 rings (SSSR count). The Balaban J connectivity index is 2.20. The van der Waals surface area contributed by atoms with E-state index in [9.17, 15) is 9.50 Å². The van der Waals surface area contributed by atoms with E-state index in [2.05, 4.69) is 6.92 Å². The van der Waals surface area contributed by atoms with Gasteiger partial charge in [-0.3, -0.25) is 0 Å². The summed E-state index contributed by atoms with van der Waals surface area (Å²) in [5.74, 6) is 0.0981. The summed E-state index contributed by atoms with van der Waals surface area (Å²) in [5.41, 5.74) is -0.132. The van der Waals surface area contributed by atoms with Crippen LogP contribution in [0.15, 0.2) is 18.2 Å². The topological polar surface area (TPSA) is 29.5 Å². The van der Waals surface area contributed by atoms with Crippen LogP contribution in [0.1, 0.15) is 31.7 Å². The molecule has 0 amide bonds. The number of aliphatic hydroxyl groups is 1. The third-order valence-corrected chi connectivity index (χ3v) is 3.36. The van der Waals surface area contributed by atoms with Crippen LogP contribution in [0.4, 0.5) is 4.39 Å². The highest BCUT2D eigenvalue weighted by Crippen LogP contribution is 2.54. The maximum absolute atomic E-state index is 13.5. The van der Waals surface area contributed by atoms with Gasteiger partial charge in [0.15, 0.2) is 11.6 Å². The first-order valence-corrected chi connectivity index (χ1v) is 5.68. The normalized spacial score (nSPS) is 27.9. The van der Waals surface area contributed by atoms with E-state index in [1.165, 1.54) is 13.2 Å². The van der Waals surface area contributed by atoms with Gasteiger partial charge in [0.2, 0.25) is 0 Å². The molecule has 3 heteroatoms. The summed E-state index contributed by atoms with van der Waals surface area (Å²) in [6.07, 6.45) is 2.78. The third-order valence-electron chi connectivity index (χ3n) is 3.36. The van der Waals surface area contributed by atoms with Crippen molar-refractivity contribution in [3.05, 3.63) is 29.6 Å². The van der Waals surface area contributed by atoms with Gasteiger partial charge in [0.05, 0.1) is 12.7 Å². The van der Waals surface area contributed by atoms with Crippen molar-refractivity contribution in [3.8, 4) is 5.75 Å². The van der Waals surface area contributed by atoms with E-state index >= 15 is 0 Å². The van der Waals surface area contributed by atoms with Gasteiger partial charge in [-0.25, -0.2) is 4.39 Å². The second-order valence-electron chi connectivity index (χ2n) is 4.46. The van der Waals surface area contributed by atoms with Gasteiger partial charge in [-0.2, -0.15) is 0 Å². The molecule has 1 aliphatic carbocycles. The summed E-state index contributed by atoms with van der Waals surface area (Å²) in [4.78, 5) is 0. The first-order chi connectivity index (χ1) is 7.61. The summed E-state index contributed by atoms with van der Waals surface area (Å²) >= 11 is 0. The molecule has 0 radical (unpaired) electrons. The van der Waals surface area contributed by atoms with Crippen LogP contribution in [0.25, 0.3) is 0 Å². The molecule has 1 aliphatic rings. The largest absolute Gasteiger partial charge is 0.494 e. The Labute approximate surface area is 95.1 Å². The molecule has 2 nitrogen and oxygen atoms in total. The van der Waals surface area contributed by atoms with Crippen LogP contribution < -0.4 is 4.74 Å². The molecule has 1 aromatic carbocycles. The van der Waals surface area contributed by atoms with E-state index in [0.29, 0.717) is 5.56 Å². The van der Waals surface area contributed by atoms with Crippen molar-refractivity contribution in [3.63, 3.8) is 0 Å². The lowest BCUT2D eigenvalue weighted by Crippen LogP contribution is -2.09. The van der Waals surface area contributed by atoms with Gasteiger partial charge in [0, 0.05) is 0 Å². The smallest absolute Gasteiger partial charge is 0.165 e. The summed E-state index contributed by atoms with van der Waals surface area (Å²) in [6, 6.07) is 4.70. The molecular formula is C13H17FO2. The predicted molar refractivity (Wildman–Crippen MR) is 59.9 cm³/mol. The standard InChI is InChI=1S/C13H17FO2/c1-3-4-10-8-13(10,15)9-5-6-12(16-2)11(14)7-9/h5-7,10,15H,3-4,8H2,1-2H3. The maximum atomic E-state index is 13.5. The Morgan fingerprint density at radius 3 is 2.88 bits per heavy atom. The van der Waals surface area contributed by atoms with Gasteiger partial charge < -0.3 is 9.84 Å². The second kappa shape index (κ2) is 4.06. The molecule has 0 aliphatic heterocycles. The lowest BCUT2D eigenvalue weighted by molar-refractivity contribution is 0.128. The average molecular weight is 224 g/mol. The predicted octanol–water partition coefficient (Wildman–Crippen LogP) is 2.84. The molecule has 1 N–H and O–H groups in total. The minimum Gasteiger partial charge on any atom is -0.494 e. The highest BCUT2D eigenvalue weighted by molar-refractivity contribution is 5.36. The molecule has 0 heterocycles. The average Bonchev–Trinajstić information content (AvgIpc) is 2.91. The molecule has 1 fully saturated rings. The molecule has 1 aromatic rings. The number of rotatable bonds is 4. The first kappa shape index (κ1) is 11.4. The van der Waals surface area contributed by atoms with Gasteiger partial charge in [0.1, 0.15) is 0 Å².